The van der Waals surface area contributed by atoms with Crippen molar-refractivity contribution in [3.8, 4) is 11.5 Å². The standard InChI is InChI=1S/C28H39NO3/c1-3-4-5-6-7-8-9-10-11-12-21-32-27-19-15-25(16-20-27)29-28(31)22-23(2)24-13-17-26(30)18-14-24/h13-20,22,30H,3-12,21H2,1-2H3,(H,29,31). The number of anilines is 1. The minimum Gasteiger partial charge on any atom is -0.508 e. The van der Waals surface area contributed by atoms with Crippen LogP contribution >= 0.6 is 0 Å². The number of hydrogen-bond acceptors (Lipinski definition) is 3. The highest BCUT2D eigenvalue weighted by atomic mass is 16.5. The predicted molar refractivity (Wildman–Crippen MR) is 134 cm³/mol. The molecule has 0 bridgehead atoms. The van der Waals surface area contributed by atoms with Crippen LogP contribution in [0.1, 0.15) is 83.6 Å². The molecule has 1 amide bonds. The number of carbonyl (C=O) groups excluding carboxylic acids is 1. The second-order valence-electron chi connectivity index (χ2n) is 8.42. The van der Waals surface area contributed by atoms with Crippen molar-refractivity contribution in [3.05, 3.63) is 60.2 Å². The summed E-state index contributed by atoms with van der Waals surface area (Å²) >= 11 is 0. The molecule has 2 N–H and O–H groups in total. The highest BCUT2D eigenvalue weighted by Gasteiger charge is 2.03. The number of ether oxygens (including phenoxy) is 1. The summed E-state index contributed by atoms with van der Waals surface area (Å²) in [5, 5.41) is 12.2. The number of hydrogen-bond donors (Lipinski definition) is 2. The van der Waals surface area contributed by atoms with Crippen LogP contribution in [0.15, 0.2) is 54.6 Å². The van der Waals surface area contributed by atoms with Gasteiger partial charge in [-0.2, -0.15) is 0 Å². The highest BCUT2D eigenvalue weighted by molar-refractivity contribution is 6.03. The number of carbonyl (C=O) groups is 1. The second kappa shape index (κ2) is 15.1. The Morgan fingerprint density at radius 2 is 1.41 bits per heavy atom. The lowest BCUT2D eigenvalue weighted by atomic mass is 10.1. The summed E-state index contributed by atoms with van der Waals surface area (Å²) in [6.45, 7) is 4.86. The first-order valence-corrected chi connectivity index (χ1v) is 12.1. The van der Waals surface area contributed by atoms with Crippen molar-refractivity contribution >= 4 is 17.2 Å². The van der Waals surface area contributed by atoms with Gasteiger partial charge in [0.05, 0.1) is 6.61 Å². The molecule has 174 valence electrons. The molecule has 4 heteroatoms. The van der Waals surface area contributed by atoms with Gasteiger partial charge in [-0.3, -0.25) is 4.79 Å². The first-order valence-electron chi connectivity index (χ1n) is 12.1. The van der Waals surface area contributed by atoms with Crippen molar-refractivity contribution in [2.75, 3.05) is 11.9 Å². The summed E-state index contributed by atoms with van der Waals surface area (Å²) < 4.78 is 5.82. The number of unbranched alkanes of at least 4 members (excludes halogenated alkanes) is 9. The normalized spacial score (nSPS) is 11.4. The summed E-state index contributed by atoms with van der Waals surface area (Å²) in [4.78, 5) is 12.3. The number of rotatable bonds is 15. The molecule has 0 saturated heterocycles. The number of amides is 1. The quantitative estimate of drug-likeness (QED) is 0.221. The smallest absolute Gasteiger partial charge is 0.248 e. The van der Waals surface area contributed by atoms with Gasteiger partial charge in [-0.1, -0.05) is 76.8 Å². The molecule has 0 aliphatic heterocycles. The van der Waals surface area contributed by atoms with Crippen LogP contribution in [-0.4, -0.2) is 17.6 Å². The summed E-state index contributed by atoms with van der Waals surface area (Å²) in [5.41, 5.74) is 2.46. The van der Waals surface area contributed by atoms with Crippen LogP contribution in [0.3, 0.4) is 0 Å². The Balaban J connectivity index is 1.61. The molecule has 32 heavy (non-hydrogen) atoms. The largest absolute Gasteiger partial charge is 0.508 e. The lowest BCUT2D eigenvalue weighted by Crippen LogP contribution is -2.08. The van der Waals surface area contributed by atoms with Gasteiger partial charge in [0.2, 0.25) is 5.91 Å². The number of allylic oxidation sites excluding steroid dienone is 1. The molecule has 0 radical (unpaired) electrons. The maximum Gasteiger partial charge on any atom is 0.248 e. The molecule has 0 saturated carbocycles. The Hall–Kier alpha value is -2.75. The van der Waals surface area contributed by atoms with Crippen LogP contribution < -0.4 is 10.1 Å². The van der Waals surface area contributed by atoms with Crippen molar-refractivity contribution in [1.29, 1.82) is 0 Å². The van der Waals surface area contributed by atoms with Gasteiger partial charge >= 0.3 is 0 Å². The van der Waals surface area contributed by atoms with Gasteiger partial charge in [0, 0.05) is 11.8 Å². The SMILES string of the molecule is CCCCCCCCCCCCOc1ccc(NC(=O)C=C(C)c2ccc(O)cc2)cc1. The number of phenolic OH excluding ortho intramolecular Hbond substituents is 1. The molecule has 0 fully saturated rings. The van der Waals surface area contributed by atoms with Crippen LogP contribution in [0.5, 0.6) is 11.5 Å². The molecule has 0 heterocycles. The second-order valence-corrected chi connectivity index (χ2v) is 8.42. The molecule has 2 aromatic carbocycles. The third kappa shape index (κ3) is 10.5. The van der Waals surface area contributed by atoms with Crippen LogP contribution in [0.2, 0.25) is 0 Å². The molecule has 0 unspecified atom stereocenters. The van der Waals surface area contributed by atoms with E-state index in [4.69, 9.17) is 4.74 Å². The van der Waals surface area contributed by atoms with E-state index in [2.05, 4.69) is 12.2 Å². The van der Waals surface area contributed by atoms with Crippen molar-refractivity contribution in [2.45, 2.75) is 78.1 Å². The lowest BCUT2D eigenvalue weighted by molar-refractivity contribution is -0.111. The molecule has 0 aliphatic rings. The molecule has 0 aromatic heterocycles. The molecule has 0 spiro atoms. The zero-order valence-electron chi connectivity index (χ0n) is 19.7. The Morgan fingerprint density at radius 1 is 0.844 bits per heavy atom. The Labute approximate surface area is 193 Å². The van der Waals surface area contributed by atoms with E-state index in [-0.39, 0.29) is 11.7 Å². The van der Waals surface area contributed by atoms with Gasteiger partial charge < -0.3 is 15.2 Å². The molecular weight excluding hydrogens is 398 g/mol. The average Bonchev–Trinajstić information content (AvgIpc) is 2.79. The Kier molecular flexibility index (Phi) is 12.1. The first-order chi connectivity index (χ1) is 15.6. The van der Waals surface area contributed by atoms with Crippen molar-refractivity contribution in [1.82, 2.24) is 0 Å². The molecule has 2 rings (SSSR count). The first kappa shape index (κ1) is 25.5. The number of benzene rings is 2. The Bertz CT molecular complexity index is 810. The van der Waals surface area contributed by atoms with E-state index < -0.39 is 0 Å². The molecular formula is C28H39NO3. The maximum atomic E-state index is 12.3. The average molecular weight is 438 g/mol. The van der Waals surface area contributed by atoms with E-state index in [0.717, 1.165) is 35.6 Å². The minimum absolute atomic E-state index is 0.186. The van der Waals surface area contributed by atoms with E-state index >= 15 is 0 Å². The zero-order valence-corrected chi connectivity index (χ0v) is 19.7. The lowest BCUT2D eigenvalue weighted by Gasteiger charge is -2.08. The van der Waals surface area contributed by atoms with Gasteiger partial charge in [0.15, 0.2) is 0 Å². The van der Waals surface area contributed by atoms with Crippen LogP contribution in [0, 0.1) is 0 Å². The predicted octanol–water partition coefficient (Wildman–Crippen LogP) is 7.73. The van der Waals surface area contributed by atoms with Crippen molar-refractivity contribution in [3.63, 3.8) is 0 Å². The summed E-state index contributed by atoms with van der Waals surface area (Å²) in [6.07, 6.45) is 14.7. The van der Waals surface area contributed by atoms with Crippen LogP contribution in [0.4, 0.5) is 5.69 Å². The number of phenols is 1. The van der Waals surface area contributed by atoms with E-state index in [1.54, 1.807) is 30.3 Å². The fourth-order valence-electron chi connectivity index (χ4n) is 3.60. The van der Waals surface area contributed by atoms with E-state index in [1.165, 1.54) is 57.8 Å². The molecule has 2 aromatic rings. The van der Waals surface area contributed by atoms with Crippen LogP contribution in [0.25, 0.3) is 5.57 Å². The maximum absolute atomic E-state index is 12.3. The minimum atomic E-state index is -0.186. The third-order valence-corrected chi connectivity index (χ3v) is 5.56. The highest BCUT2D eigenvalue weighted by Crippen LogP contribution is 2.19. The van der Waals surface area contributed by atoms with Gasteiger partial charge in [-0.25, -0.2) is 0 Å². The topological polar surface area (TPSA) is 58.6 Å². The number of aromatic hydroxyl groups is 1. The number of nitrogens with one attached hydrogen (secondary N) is 1. The monoisotopic (exact) mass is 437 g/mol. The summed E-state index contributed by atoms with van der Waals surface area (Å²) in [6, 6.07) is 14.3. The molecule has 0 aliphatic carbocycles. The van der Waals surface area contributed by atoms with E-state index in [0.29, 0.717) is 0 Å². The van der Waals surface area contributed by atoms with E-state index in [1.807, 2.05) is 31.2 Å². The molecule has 0 atom stereocenters. The fourth-order valence-corrected chi connectivity index (χ4v) is 3.60. The Morgan fingerprint density at radius 3 is 2.00 bits per heavy atom. The zero-order chi connectivity index (χ0) is 23.0. The fraction of sp³-hybridized carbons (Fsp3) is 0.464. The summed E-state index contributed by atoms with van der Waals surface area (Å²) in [5.74, 6) is 0.853. The van der Waals surface area contributed by atoms with Crippen LogP contribution in [-0.2, 0) is 4.79 Å². The third-order valence-electron chi connectivity index (χ3n) is 5.56. The van der Waals surface area contributed by atoms with Crippen molar-refractivity contribution < 1.29 is 14.6 Å². The van der Waals surface area contributed by atoms with Gasteiger partial charge in [0.1, 0.15) is 11.5 Å². The van der Waals surface area contributed by atoms with Gasteiger partial charge in [0.25, 0.3) is 0 Å². The molecule has 4 nitrogen and oxygen atoms in total. The van der Waals surface area contributed by atoms with E-state index in [9.17, 15) is 9.90 Å². The van der Waals surface area contributed by atoms with Crippen molar-refractivity contribution in [2.24, 2.45) is 0 Å². The van der Waals surface area contributed by atoms with Gasteiger partial charge in [-0.15, -0.1) is 0 Å². The summed E-state index contributed by atoms with van der Waals surface area (Å²) in [7, 11) is 0. The van der Waals surface area contributed by atoms with Gasteiger partial charge in [-0.05, 0) is 60.9 Å².